The number of pyridine rings is 2. The zero-order valence-corrected chi connectivity index (χ0v) is 12.6. The minimum absolute atomic E-state index is 0.667. The molecule has 0 aliphatic heterocycles. The lowest BCUT2D eigenvalue weighted by molar-refractivity contribution is 0.112. The Hall–Kier alpha value is -3.01. The van der Waals surface area contributed by atoms with E-state index in [4.69, 9.17) is 0 Å². The first-order valence-corrected chi connectivity index (χ1v) is 7.50. The second-order valence-electron chi connectivity index (χ2n) is 5.17. The molecule has 0 atom stereocenters. The zero-order valence-electron chi connectivity index (χ0n) is 12.6. The largest absolute Gasteiger partial charge is 0.370 e. The lowest BCUT2D eigenvalue weighted by Gasteiger charge is -2.07. The van der Waals surface area contributed by atoms with E-state index in [1.807, 2.05) is 54.7 Å². The molecule has 3 aromatic rings. The molecule has 1 N–H and O–H groups in total. The van der Waals surface area contributed by atoms with E-state index in [1.165, 1.54) is 0 Å². The molecule has 0 radical (unpaired) electrons. The fraction of sp³-hybridized carbons (Fsp3) is 0.105. The molecule has 0 bridgehead atoms. The van der Waals surface area contributed by atoms with Gasteiger partial charge in [-0.1, -0.05) is 24.3 Å². The van der Waals surface area contributed by atoms with Crippen LogP contribution in [0, 0.1) is 0 Å². The van der Waals surface area contributed by atoms with E-state index in [0.717, 1.165) is 41.9 Å². The Kier molecular flexibility index (Phi) is 4.74. The van der Waals surface area contributed by atoms with Crippen LogP contribution in [0.15, 0.2) is 67.0 Å². The molecule has 0 saturated carbocycles. The van der Waals surface area contributed by atoms with Crippen molar-refractivity contribution < 1.29 is 4.79 Å². The minimum Gasteiger partial charge on any atom is -0.370 e. The fourth-order valence-electron chi connectivity index (χ4n) is 2.33. The van der Waals surface area contributed by atoms with Crippen molar-refractivity contribution in [2.45, 2.75) is 6.42 Å². The van der Waals surface area contributed by atoms with Crippen LogP contribution in [-0.4, -0.2) is 22.8 Å². The minimum atomic E-state index is 0.667. The predicted octanol–water partition coefficient (Wildman–Crippen LogP) is 3.61. The van der Waals surface area contributed by atoms with Crippen LogP contribution in [0.4, 0.5) is 5.82 Å². The summed E-state index contributed by atoms with van der Waals surface area (Å²) in [5, 5.41) is 3.29. The monoisotopic (exact) mass is 303 g/mol. The molecule has 0 unspecified atom stereocenters. The number of nitrogens with zero attached hydrogens (tertiary/aromatic N) is 2. The second-order valence-corrected chi connectivity index (χ2v) is 5.17. The molecular formula is C19H17N3O. The summed E-state index contributed by atoms with van der Waals surface area (Å²) >= 11 is 0. The number of carbonyl (C=O) groups excluding carboxylic acids is 1. The van der Waals surface area contributed by atoms with E-state index in [1.54, 1.807) is 12.3 Å². The Balaban J connectivity index is 1.61. The van der Waals surface area contributed by atoms with Gasteiger partial charge in [0.1, 0.15) is 12.1 Å². The van der Waals surface area contributed by atoms with Gasteiger partial charge in [-0.15, -0.1) is 0 Å². The molecule has 2 heterocycles. The number of aldehydes is 1. The van der Waals surface area contributed by atoms with Crippen molar-refractivity contribution in [1.82, 2.24) is 9.97 Å². The fourth-order valence-corrected chi connectivity index (χ4v) is 2.33. The molecule has 3 rings (SSSR count). The number of carbonyl (C=O) groups is 1. The highest BCUT2D eigenvalue weighted by Gasteiger charge is 2.01. The average Bonchev–Trinajstić information content (AvgIpc) is 2.63. The Morgan fingerprint density at radius 2 is 1.91 bits per heavy atom. The number of benzene rings is 1. The smallest absolute Gasteiger partial charge is 0.150 e. The molecule has 2 aromatic heterocycles. The molecule has 23 heavy (non-hydrogen) atoms. The van der Waals surface area contributed by atoms with Crippen LogP contribution in [-0.2, 0) is 6.42 Å². The van der Waals surface area contributed by atoms with Crippen LogP contribution in [0.1, 0.15) is 16.1 Å². The van der Waals surface area contributed by atoms with Crippen LogP contribution >= 0.6 is 0 Å². The molecule has 114 valence electrons. The van der Waals surface area contributed by atoms with Crippen molar-refractivity contribution in [2.24, 2.45) is 0 Å². The second kappa shape index (κ2) is 7.31. The zero-order chi connectivity index (χ0) is 15.9. The van der Waals surface area contributed by atoms with Gasteiger partial charge in [-0.25, -0.2) is 4.98 Å². The van der Waals surface area contributed by atoms with Gasteiger partial charge in [-0.05, 0) is 35.9 Å². The maximum atomic E-state index is 10.8. The number of aromatic nitrogens is 2. The van der Waals surface area contributed by atoms with Crippen molar-refractivity contribution >= 4 is 12.1 Å². The van der Waals surface area contributed by atoms with Crippen molar-refractivity contribution in [3.63, 3.8) is 0 Å². The summed E-state index contributed by atoms with van der Waals surface area (Å²) in [6.07, 6.45) is 5.32. The van der Waals surface area contributed by atoms with Gasteiger partial charge in [0.25, 0.3) is 0 Å². The number of anilines is 1. The van der Waals surface area contributed by atoms with Gasteiger partial charge in [-0.2, -0.15) is 0 Å². The molecule has 1 aromatic carbocycles. The van der Waals surface area contributed by atoms with E-state index < -0.39 is 0 Å². The summed E-state index contributed by atoms with van der Waals surface area (Å²) in [4.78, 5) is 19.6. The molecule has 0 aliphatic rings. The Labute approximate surface area is 135 Å². The summed E-state index contributed by atoms with van der Waals surface area (Å²) in [6.45, 7) is 0.782. The summed E-state index contributed by atoms with van der Waals surface area (Å²) in [6, 6.07) is 17.4. The molecule has 0 saturated heterocycles. The van der Waals surface area contributed by atoms with Gasteiger partial charge < -0.3 is 5.32 Å². The first-order valence-electron chi connectivity index (χ1n) is 7.50. The standard InChI is InChI=1S/C19H17N3O/c23-14-15-4-3-5-16(12-15)17-7-8-19(22-13-17)21-11-9-18-6-1-2-10-20-18/h1-8,10,12-14H,9,11H2,(H,21,22). The highest BCUT2D eigenvalue weighted by molar-refractivity contribution is 5.78. The van der Waals surface area contributed by atoms with Crippen molar-refractivity contribution in [3.05, 3.63) is 78.2 Å². The van der Waals surface area contributed by atoms with E-state index in [0.29, 0.717) is 5.56 Å². The third-order valence-electron chi connectivity index (χ3n) is 3.53. The van der Waals surface area contributed by atoms with Crippen molar-refractivity contribution in [3.8, 4) is 11.1 Å². The lowest BCUT2D eigenvalue weighted by atomic mass is 10.1. The molecule has 0 amide bonds. The normalized spacial score (nSPS) is 10.3. The van der Waals surface area contributed by atoms with E-state index in [2.05, 4.69) is 15.3 Å². The van der Waals surface area contributed by atoms with Gasteiger partial charge in [0.2, 0.25) is 0 Å². The van der Waals surface area contributed by atoms with Crippen molar-refractivity contribution in [1.29, 1.82) is 0 Å². The summed E-state index contributed by atoms with van der Waals surface area (Å²) in [5.41, 5.74) is 3.70. The SMILES string of the molecule is O=Cc1cccc(-c2ccc(NCCc3ccccn3)nc2)c1. The summed E-state index contributed by atoms with van der Waals surface area (Å²) in [7, 11) is 0. The van der Waals surface area contributed by atoms with Crippen LogP contribution in [0.25, 0.3) is 11.1 Å². The average molecular weight is 303 g/mol. The van der Waals surface area contributed by atoms with Crippen molar-refractivity contribution in [2.75, 3.05) is 11.9 Å². The topological polar surface area (TPSA) is 54.9 Å². The quantitative estimate of drug-likeness (QED) is 0.707. The summed E-state index contributed by atoms with van der Waals surface area (Å²) in [5.74, 6) is 0.830. The van der Waals surface area contributed by atoms with E-state index >= 15 is 0 Å². The first-order chi connectivity index (χ1) is 11.3. The van der Waals surface area contributed by atoms with Crippen LogP contribution < -0.4 is 5.32 Å². The Morgan fingerprint density at radius 3 is 2.65 bits per heavy atom. The molecule has 0 spiro atoms. The maximum Gasteiger partial charge on any atom is 0.150 e. The third kappa shape index (κ3) is 4.01. The van der Waals surface area contributed by atoms with Crippen LogP contribution in [0.2, 0.25) is 0 Å². The highest BCUT2D eigenvalue weighted by atomic mass is 16.1. The number of rotatable bonds is 6. The van der Waals surface area contributed by atoms with Gasteiger partial charge >= 0.3 is 0 Å². The van der Waals surface area contributed by atoms with E-state index in [9.17, 15) is 4.79 Å². The number of hydrogen-bond donors (Lipinski definition) is 1. The molecule has 0 aliphatic carbocycles. The number of hydrogen-bond acceptors (Lipinski definition) is 4. The highest BCUT2D eigenvalue weighted by Crippen LogP contribution is 2.20. The van der Waals surface area contributed by atoms with Crippen LogP contribution in [0.5, 0.6) is 0 Å². The maximum absolute atomic E-state index is 10.8. The van der Waals surface area contributed by atoms with E-state index in [-0.39, 0.29) is 0 Å². The van der Waals surface area contributed by atoms with Crippen LogP contribution in [0.3, 0.4) is 0 Å². The Bertz CT molecular complexity index is 770. The molecule has 4 nitrogen and oxygen atoms in total. The third-order valence-corrected chi connectivity index (χ3v) is 3.53. The lowest BCUT2D eigenvalue weighted by Crippen LogP contribution is -2.06. The van der Waals surface area contributed by atoms with Gasteiger partial charge in [0.05, 0.1) is 0 Å². The Morgan fingerprint density at radius 1 is 0.957 bits per heavy atom. The van der Waals surface area contributed by atoms with Gasteiger partial charge in [0.15, 0.2) is 0 Å². The number of nitrogens with one attached hydrogen (secondary N) is 1. The summed E-state index contributed by atoms with van der Waals surface area (Å²) < 4.78 is 0. The predicted molar refractivity (Wildman–Crippen MR) is 91.5 cm³/mol. The van der Waals surface area contributed by atoms with Gasteiger partial charge in [0, 0.05) is 42.2 Å². The molecule has 4 heteroatoms. The molecular weight excluding hydrogens is 286 g/mol. The van der Waals surface area contributed by atoms with Gasteiger partial charge in [-0.3, -0.25) is 9.78 Å². The first kappa shape index (κ1) is 14.9. The molecule has 0 fully saturated rings.